The van der Waals surface area contributed by atoms with Crippen molar-refractivity contribution in [2.24, 2.45) is 0 Å². The van der Waals surface area contributed by atoms with Crippen LogP contribution < -0.4 is 0 Å². The van der Waals surface area contributed by atoms with Crippen molar-refractivity contribution in [3.8, 4) is 0 Å². The SMILES string of the molecule is Cc1ncc(CS(=O)(=O)[C@@H](C)c2ccc(F)cc2)s1. The highest BCUT2D eigenvalue weighted by molar-refractivity contribution is 7.91. The Balaban J connectivity index is 2.21. The molecule has 0 saturated carbocycles. The number of aromatic nitrogens is 1. The maximum atomic E-state index is 12.8. The standard InChI is InChI=1S/C13H14FNO2S2/c1-9(11-3-5-12(14)6-4-11)19(16,17)8-13-7-15-10(2)18-13/h3-7,9H,8H2,1-2H3/t9-/m0/s1. The molecule has 1 aromatic heterocycles. The predicted octanol–water partition coefficient (Wildman–Crippen LogP) is 3.27. The minimum Gasteiger partial charge on any atom is -0.250 e. The summed E-state index contributed by atoms with van der Waals surface area (Å²) in [7, 11) is -3.32. The van der Waals surface area contributed by atoms with E-state index in [0.717, 1.165) is 9.88 Å². The average molecular weight is 299 g/mol. The van der Waals surface area contributed by atoms with Gasteiger partial charge in [-0.25, -0.2) is 17.8 Å². The number of benzene rings is 1. The van der Waals surface area contributed by atoms with Gasteiger partial charge in [-0.15, -0.1) is 11.3 Å². The van der Waals surface area contributed by atoms with Gasteiger partial charge in [-0.3, -0.25) is 0 Å². The number of aryl methyl sites for hydroxylation is 1. The lowest BCUT2D eigenvalue weighted by molar-refractivity contribution is 0.585. The third-order valence-corrected chi connectivity index (χ3v) is 6.05. The van der Waals surface area contributed by atoms with Gasteiger partial charge in [-0.2, -0.15) is 0 Å². The molecule has 0 bridgehead atoms. The van der Waals surface area contributed by atoms with Gasteiger partial charge >= 0.3 is 0 Å². The third kappa shape index (κ3) is 3.39. The first kappa shape index (κ1) is 14.1. The van der Waals surface area contributed by atoms with Crippen molar-refractivity contribution in [1.82, 2.24) is 4.98 Å². The summed E-state index contributed by atoms with van der Waals surface area (Å²) in [4.78, 5) is 4.78. The molecule has 2 aromatic rings. The average Bonchev–Trinajstić information content (AvgIpc) is 2.74. The number of hydrogen-bond acceptors (Lipinski definition) is 4. The van der Waals surface area contributed by atoms with Crippen molar-refractivity contribution in [2.75, 3.05) is 0 Å². The van der Waals surface area contributed by atoms with Gasteiger partial charge in [0.25, 0.3) is 0 Å². The molecule has 0 N–H and O–H groups in total. The summed E-state index contributed by atoms with van der Waals surface area (Å²) in [6.07, 6.45) is 1.59. The molecule has 0 spiro atoms. The van der Waals surface area contributed by atoms with Crippen LogP contribution >= 0.6 is 11.3 Å². The van der Waals surface area contributed by atoms with E-state index in [4.69, 9.17) is 0 Å². The van der Waals surface area contributed by atoms with E-state index in [1.54, 1.807) is 13.1 Å². The highest BCUT2D eigenvalue weighted by atomic mass is 32.2. The lowest BCUT2D eigenvalue weighted by Crippen LogP contribution is -2.12. The molecule has 0 unspecified atom stereocenters. The summed E-state index contributed by atoms with van der Waals surface area (Å²) < 4.78 is 37.4. The minimum atomic E-state index is -3.32. The van der Waals surface area contributed by atoms with Crippen LogP contribution in [0.4, 0.5) is 4.39 Å². The fourth-order valence-corrected chi connectivity index (χ4v) is 4.35. The summed E-state index contributed by atoms with van der Waals surface area (Å²) >= 11 is 1.38. The highest BCUT2D eigenvalue weighted by Gasteiger charge is 2.23. The van der Waals surface area contributed by atoms with Crippen LogP contribution in [0.2, 0.25) is 0 Å². The van der Waals surface area contributed by atoms with E-state index < -0.39 is 15.1 Å². The first-order valence-corrected chi connectivity index (χ1v) is 8.30. The van der Waals surface area contributed by atoms with E-state index in [9.17, 15) is 12.8 Å². The van der Waals surface area contributed by atoms with Crippen LogP contribution in [-0.4, -0.2) is 13.4 Å². The smallest absolute Gasteiger partial charge is 0.162 e. The van der Waals surface area contributed by atoms with Crippen molar-refractivity contribution in [3.05, 3.63) is 51.7 Å². The van der Waals surface area contributed by atoms with E-state index in [-0.39, 0.29) is 11.6 Å². The zero-order valence-electron chi connectivity index (χ0n) is 10.6. The second-order valence-electron chi connectivity index (χ2n) is 4.35. The summed E-state index contributed by atoms with van der Waals surface area (Å²) in [6.45, 7) is 3.46. The Morgan fingerprint density at radius 2 is 1.95 bits per heavy atom. The molecule has 102 valence electrons. The molecular weight excluding hydrogens is 285 g/mol. The quantitative estimate of drug-likeness (QED) is 0.870. The predicted molar refractivity (Wildman–Crippen MR) is 74.3 cm³/mol. The number of halogens is 1. The van der Waals surface area contributed by atoms with E-state index in [0.29, 0.717) is 5.56 Å². The summed E-state index contributed by atoms with van der Waals surface area (Å²) in [5, 5.41) is 0.190. The summed E-state index contributed by atoms with van der Waals surface area (Å²) in [6, 6.07) is 5.57. The van der Waals surface area contributed by atoms with E-state index >= 15 is 0 Å². The molecular formula is C13H14FNO2S2. The van der Waals surface area contributed by atoms with Gasteiger partial charge in [0, 0.05) is 11.1 Å². The van der Waals surface area contributed by atoms with Crippen molar-refractivity contribution in [3.63, 3.8) is 0 Å². The summed E-state index contributed by atoms with van der Waals surface area (Å²) in [5.41, 5.74) is 0.600. The molecule has 0 aliphatic rings. The summed E-state index contributed by atoms with van der Waals surface area (Å²) in [5.74, 6) is -0.400. The Bertz CT molecular complexity index is 662. The number of hydrogen-bond donors (Lipinski definition) is 0. The monoisotopic (exact) mass is 299 g/mol. The van der Waals surface area contributed by atoms with Crippen molar-refractivity contribution in [2.45, 2.75) is 24.9 Å². The Labute approximate surface area is 116 Å². The zero-order chi connectivity index (χ0) is 14.0. The lowest BCUT2D eigenvalue weighted by atomic mass is 10.2. The van der Waals surface area contributed by atoms with Crippen molar-refractivity contribution in [1.29, 1.82) is 0 Å². The highest BCUT2D eigenvalue weighted by Crippen LogP contribution is 2.27. The Hall–Kier alpha value is -1.27. The molecule has 19 heavy (non-hydrogen) atoms. The Morgan fingerprint density at radius 1 is 1.32 bits per heavy atom. The Morgan fingerprint density at radius 3 is 2.47 bits per heavy atom. The van der Waals surface area contributed by atoms with Crippen LogP contribution in [0.1, 0.15) is 27.6 Å². The second kappa shape index (κ2) is 5.38. The van der Waals surface area contributed by atoms with Gasteiger partial charge in [0.1, 0.15) is 5.82 Å². The molecule has 2 rings (SSSR count). The van der Waals surface area contributed by atoms with Crippen LogP contribution in [0, 0.1) is 12.7 Å². The lowest BCUT2D eigenvalue weighted by Gasteiger charge is -2.12. The molecule has 3 nitrogen and oxygen atoms in total. The van der Waals surface area contributed by atoms with Gasteiger partial charge in [0.2, 0.25) is 0 Å². The fourth-order valence-electron chi connectivity index (χ4n) is 1.74. The number of thiazole rings is 1. The molecule has 0 amide bonds. The molecule has 0 radical (unpaired) electrons. The van der Waals surface area contributed by atoms with Gasteiger partial charge < -0.3 is 0 Å². The molecule has 0 saturated heterocycles. The van der Waals surface area contributed by atoms with E-state index in [1.165, 1.54) is 35.6 Å². The normalized spacial score (nSPS) is 13.4. The van der Waals surface area contributed by atoms with Crippen LogP contribution in [0.15, 0.2) is 30.5 Å². The van der Waals surface area contributed by atoms with Crippen molar-refractivity contribution >= 4 is 21.2 Å². The molecule has 1 atom stereocenters. The first-order chi connectivity index (χ1) is 8.88. The van der Waals surface area contributed by atoms with Gasteiger partial charge in [0.15, 0.2) is 9.84 Å². The first-order valence-electron chi connectivity index (χ1n) is 5.77. The molecule has 6 heteroatoms. The van der Waals surface area contributed by atoms with Crippen molar-refractivity contribution < 1.29 is 12.8 Å². The van der Waals surface area contributed by atoms with Gasteiger partial charge in [-0.1, -0.05) is 12.1 Å². The molecule has 1 heterocycles. The molecule has 1 aromatic carbocycles. The van der Waals surface area contributed by atoms with Crippen LogP contribution in [-0.2, 0) is 15.6 Å². The minimum absolute atomic E-state index is 0.0307. The van der Waals surface area contributed by atoms with Gasteiger partial charge in [-0.05, 0) is 31.5 Å². The van der Waals surface area contributed by atoms with E-state index in [2.05, 4.69) is 4.98 Å². The molecule has 0 aliphatic carbocycles. The number of nitrogens with zero attached hydrogens (tertiary/aromatic N) is 1. The zero-order valence-corrected chi connectivity index (χ0v) is 12.3. The second-order valence-corrected chi connectivity index (χ2v) is 7.99. The topological polar surface area (TPSA) is 47.0 Å². The van der Waals surface area contributed by atoms with E-state index in [1.807, 2.05) is 6.92 Å². The maximum Gasteiger partial charge on any atom is 0.162 e. The molecule has 0 aliphatic heterocycles. The van der Waals surface area contributed by atoms with Crippen LogP contribution in [0.3, 0.4) is 0 Å². The third-order valence-electron chi connectivity index (χ3n) is 2.89. The number of sulfone groups is 1. The van der Waals surface area contributed by atoms with Crippen LogP contribution in [0.5, 0.6) is 0 Å². The number of rotatable bonds is 4. The maximum absolute atomic E-state index is 12.8. The molecule has 0 fully saturated rings. The largest absolute Gasteiger partial charge is 0.250 e. The fraction of sp³-hybridized carbons (Fsp3) is 0.308. The Kier molecular flexibility index (Phi) is 4.01. The van der Waals surface area contributed by atoms with Crippen LogP contribution in [0.25, 0.3) is 0 Å². The van der Waals surface area contributed by atoms with Gasteiger partial charge in [0.05, 0.1) is 16.0 Å².